The monoisotopic (exact) mass is 245 g/mol. The van der Waals surface area contributed by atoms with Gasteiger partial charge in [-0.15, -0.1) is 0 Å². The molecule has 0 spiro atoms. The van der Waals surface area contributed by atoms with Crippen molar-refractivity contribution >= 4 is 10.0 Å². The Hall–Kier alpha value is -1.21. The second-order valence-electron chi connectivity index (χ2n) is 3.81. The number of rotatable bonds is 3. The summed E-state index contributed by atoms with van der Waals surface area (Å²) in [6, 6.07) is 0. The fourth-order valence-corrected chi connectivity index (χ4v) is 2.25. The molecular formula is C9H15N3O3S. The predicted molar refractivity (Wildman–Crippen MR) is 58.9 cm³/mol. The van der Waals surface area contributed by atoms with Gasteiger partial charge < -0.3 is 5.21 Å². The first-order valence-corrected chi connectivity index (χ1v) is 6.42. The molecule has 0 aliphatic carbocycles. The molecule has 0 saturated carbocycles. The molecule has 0 radical (unpaired) electrons. The van der Waals surface area contributed by atoms with Crippen molar-refractivity contribution in [2.45, 2.75) is 31.9 Å². The van der Waals surface area contributed by atoms with Crippen molar-refractivity contribution in [3.63, 3.8) is 0 Å². The number of primary sulfonamides is 1. The molecular weight excluding hydrogens is 230 g/mol. The zero-order chi connectivity index (χ0) is 12.5. The molecule has 2 N–H and O–H groups in total. The van der Waals surface area contributed by atoms with Crippen LogP contribution in [-0.4, -0.2) is 18.7 Å². The zero-order valence-corrected chi connectivity index (χ0v) is 10.2. The van der Waals surface area contributed by atoms with E-state index in [4.69, 9.17) is 5.14 Å². The normalized spacial score (nSPS) is 15.8. The van der Waals surface area contributed by atoms with E-state index in [0.717, 1.165) is 0 Å². The summed E-state index contributed by atoms with van der Waals surface area (Å²) in [6.07, 6.45) is 2.62. The SMILES string of the molecule is Cc1ncc[n+]([O-])c1[C@@H](C)[C@H](C)S(N)(=O)=O. The van der Waals surface area contributed by atoms with Gasteiger partial charge >= 0.3 is 0 Å². The third kappa shape index (κ3) is 2.48. The number of nitrogens with two attached hydrogens (primary N) is 1. The molecule has 2 atom stereocenters. The standard InChI is InChI=1S/C9H15N3O3S/c1-6(8(3)16(10,14)15)9-7(2)11-4-5-12(9)13/h4-6,8H,1-3H3,(H2,10,14,15)/t6-,8-/m0/s1. The number of aromatic nitrogens is 2. The third-order valence-corrected chi connectivity index (χ3v) is 4.18. The first-order chi connectivity index (χ1) is 7.25. The Bertz CT molecular complexity index is 467. The smallest absolute Gasteiger partial charge is 0.218 e. The van der Waals surface area contributed by atoms with E-state index in [0.29, 0.717) is 16.1 Å². The summed E-state index contributed by atoms with van der Waals surface area (Å²) in [5, 5.41) is 15.8. The lowest BCUT2D eigenvalue weighted by Gasteiger charge is -2.17. The van der Waals surface area contributed by atoms with Gasteiger partial charge in [-0.1, -0.05) is 6.92 Å². The zero-order valence-electron chi connectivity index (χ0n) is 9.41. The number of hydrogen-bond acceptors (Lipinski definition) is 4. The van der Waals surface area contributed by atoms with Gasteiger partial charge in [0.1, 0.15) is 5.69 Å². The molecule has 0 bridgehead atoms. The van der Waals surface area contributed by atoms with Crippen LogP contribution in [0.25, 0.3) is 0 Å². The van der Waals surface area contributed by atoms with E-state index >= 15 is 0 Å². The Morgan fingerprint density at radius 3 is 2.50 bits per heavy atom. The van der Waals surface area contributed by atoms with E-state index in [1.807, 2.05) is 0 Å². The summed E-state index contributed by atoms with van der Waals surface area (Å²) in [7, 11) is -3.66. The van der Waals surface area contributed by atoms with Crippen LogP contribution in [0.3, 0.4) is 0 Å². The third-order valence-electron chi connectivity index (χ3n) is 2.73. The minimum absolute atomic E-state index is 0.337. The Morgan fingerprint density at radius 1 is 1.50 bits per heavy atom. The van der Waals surface area contributed by atoms with Gasteiger partial charge in [0.25, 0.3) is 0 Å². The summed E-state index contributed by atoms with van der Waals surface area (Å²) in [5.74, 6) is -0.499. The lowest BCUT2D eigenvalue weighted by Crippen LogP contribution is -2.40. The summed E-state index contributed by atoms with van der Waals surface area (Å²) in [4.78, 5) is 3.97. The van der Waals surface area contributed by atoms with Crippen LogP contribution in [0.2, 0.25) is 0 Å². The van der Waals surface area contributed by atoms with Crippen molar-refractivity contribution in [2.75, 3.05) is 0 Å². The fourth-order valence-electron chi connectivity index (χ4n) is 1.55. The van der Waals surface area contributed by atoms with Crippen molar-refractivity contribution in [2.24, 2.45) is 5.14 Å². The lowest BCUT2D eigenvalue weighted by molar-refractivity contribution is -0.616. The Labute approximate surface area is 94.8 Å². The van der Waals surface area contributed by atoms with Crippen LogP contribution in [0.5, 0.6) is 0 Å². The molecule has 16 heavy (non-hydrogen) atoms. The van der Waals surface area contributed by atoms with Crippen LogP contribution >= 0.6 is 0 Å². The maximum atomic E-state index is 11.6. The first kappa shape index (κ1) is 12.9. The topological polar surface area (TPSA) is 100.0 Å². The highest BCUT2D eigenvalue weighted by Crippen LogP contribution is 2.21. The minimum atomic E-state index is -3.66. The molecule has 0 amide bonds. The van der Waals surface area contributed by atoms with E-state index in [1.165, 1.54) is 19.3 Å². The van der Waals surface area contributed by atoms with Gasteiger partial charge in [-0.25, -0.2) is 18.5 Å². The summed E-state index contributed by atoms with van der Waals surface area (Å²) >= 11 is 0. The van der Waals surface area contributed by atoms with Crippen molar-refractivity contribution in [1.29, 1.82) is 0 Å². The fraction of sp³-hybridized carbons (Fsp3) is 0.556. The maximum Gasteiger partial charge on any atom is 0.218 e. The van der Waals surface area contributed by atoms with Crippen LogP contribution in [-0.2, 0) is 10.0 Å². The summed E-state index contributed by atoms with van der Waals surface area (Å²) < 4.78 is 23.1. The van der Waals surface area contributed by atoms with Crippen LogP contribution in [0.4, 0.5) is 0 Å². The van der Waals surface area contributed by atoms with Gasteiger partial charge in [-0.2, -0.15) is 4.73 Å². The molecule has 90 valence electrons. The highest BCUT2D eigenvalue weighted by molar-refractivity contribution is 7.89. The number of hydrogen-bond donors (Lipinski definition) is 1. The van der Waals surface area contributed by atoms with Crippen LogP contribution in [0, 0.1) is 12.1 Å². The van der Waals surface area contributed by atoms with Crippen LogP contribution < -0.4 is 9.87 Å². The molecule has 1 aromatic heterocycles. The van der Waals surface area contributed by atoms with Gasteiger partial charge in [0.05, 0.1) is 17.4 Å². The van der Waals surface area contributed by atoms with E-state index < -0.39 is 21.2 Å². The highest BCUT2D eigenvalue weighted by Gasteiger charge is 2.31. The van der Waals surface area contributed by atoms with Crippen molar-refractivity contribution in [1.82, 2.24) is 4.98 Å². The van der Waals surface area contributed by atoms with Gasteiger partial charge in [0.15, 0.2) is 6.20 Å². The molecule has 0 aliphatic heterocycles. The quantitative estimate of drug-likeness (QED) is 0.589. The molecule has 6 nitrogen and oxygen atoms in total. The van der Waals surface area contributed by atoms with Crippen molar-refractivity contribution in [3.8, 4) is 0 Å². The van der Waals surface area contributed by atoms with Crippen LogP contribution in [0.1, 0.15) is 31.2 Å². The van der Waals surface area contributed by atoms with Crippen molar-refractivity contribution in [3.05, 3.63) is 29.0 Å². The van der Waals surface area contributed by atoms with E-state index in [9.17, 15) is 13.6 Å². The molecule has 1 heterocycles. The number of sulfonamides is 1. The van der Waals surface area contributed by atoms with E-state index in [1.54, 1.807) is 13.8 Å². The molecule has 0 fully saturated rings. The molecule has 7 heteroatoms. The molecule has 0 aromatic carbocycles. The van der Waals surface area contributed by atoms with Gasteiger partial charge in [-0.05, 0) is 13.8 Å². The number of nitrogens with zero attached hydrogens (tertiary/aromatic N) is 2. The average molecular weight is 245 g/mol. The van der Waals surface area contributed by atoms with Gasteiger partial charge in [-0.3, -0.25) is 0 Å². The lowest BCUT2D eigenvalue weighted by atomic mass is 10.0. The minimum Gasteiger partial charge on any atom is -0.618 e. The first-order valence-electron chi connectivity index (χ1n) is 4.81. The second kappa shape index (κ2) is 4.34. The largest absolute Gasteiger partial charge is 0.618 e. The molecule has 0 aliphatic rings. The average Bonchev–Trinajstić information content (AvgIpc) is 2.14. The van der Waals surface area contributed by atoms with Gasteiger partial charge in [0, 0.05) is 0 Å². The molecule has 0 unspecified atom stereocenters. The Balaban J connectivity index is 3.20. The predicted octanol–water partition coefficient (Wildman–Crippen LogP) is -0.196. The number of aryl methyl sites for hydroxylation is 1. The molecule has 0 saturated heterocycles. The van der Waals surface area contributed by atoms with Crippen LogP contribution in [0.15, 0.2) is 12.4 Å². The van der Waals surface area contributed by atoms with E-state index in [2.05, 4.69) is 4.98 Å². The van der Waals surface area contributed by atoms with Crippen molar-refractivity contribution < 1.29 is 13.1 Å². The van der Waals surface area contributed by atoms with E-state index in [-0.39, 0.29) is 0 Å². The van der Waals surface area contributed by atoms with Gasteiger partial charge in [0.2, 0.25) is 15.7 Å². The summed E-state index contributed by atoms with van der Waals surface area (Å²) in [5.41, 5.74) is 0.851. The summed E-state index contributed by atoms with van der Waals surface area (Å²) in [6.45, 7) is 4.79. The second-order valence-corrected chi connectivity index (χ2v) is 5.73. The molecule has 1 aromatic rings. The maximum absolute atomic E-state index is 11.6. The molecule has 1 rings (SSSR count). The Morgan fingerprint density at radius 2 is 2.06 bits per heavy atom. The highest BCUT2D eigenvalue weighted by atomic mass is 32.2. The Kier molecular flexibility index (Phi) is 3.49.